The molecule has 0 bridgehead atoms. The van der Waals surface area contributed by atoms with Crippen LogP contribution in [0.1, 0.15) is 41.6 Å². The van der Waals surface area contributed by atoms with Crippen molar-refractivity contribution in [3.63, 3.8) is 0 Å². The van der Waals surface area contributed by atoms with E-state index in [1.165, 1.54) is 11.1 Å². The molecule has 1 heterocycles. The van der Waals surface area contributed by atoms with Crippen LogP contribution in [0.2, 0.25) is 0 Å². The van der Waals surface area contributed by atoms with Gasteiger partial charge in [0.2, 0.25) is 0 Å². The lowest BCUT2D eigenvalue weighted by atomic mass is 9.97. The number of ether oxygens (including phenoxy) is 1. The molecule has 0 N–H and O–H groups in total. The third-order valence-electron chi connectivity index (χ3n) is 5.79. The summed E-state index contributed by atoms with van der Waals surface area (Å²) in [6.45, 7) is 5.68. The zero-order chi connectivity index (χ0) is 23.2. The molecule has 0 aromatic heterocycles. The average molecular weight is 442 g/mol. The molecule has 0 saturated heterocycles. The zero-order valence-corrected chi connectivity index (χ0v) is 19.6. The number of carbonyl (C=O) groups excluding carboxylic acids is 1. The fourth-order valence-corrected chi connectivity index (χ4v) is 4.21. The van der Waals surface area contributed by atoms with Crippen LogP contribution in [0, 0.1) is 6.92 Å². The molecule has 1 amide bonds. The van der Waals surface area contributed by atoms with Gasteiger partial charge in [-0.05, 0) is 49.7 Å². The Morgan fingerprint density at radius 3 is 2.52 bits per heavy atom. The molecule has 3 aromatic rings. The normalized spacial score (nSPS) is 15.6. The lowest BCUT2D eigenvalue weighted by Gasteiger charge is -2.25. The summed E-state index contributed by atoms with van der Waals surface area (Å²) >= 11 is 0. The summed E-state index contributed by atoms with van der Waals surface area (Å²) in [4.78, 5) is 15.4. The molecule has 1 aliphatic rings. The summed E-state index contributed by atoms with van der Waals surface area (Å²) in [5.74, 6) is 0.828. The second-order valence-electron chi connectivity index (χ2n) is 8.53. The maximum Gasteiger partial charge on any atom is 0.257 e. The molecular weight excluding hydrogens is 410 g/mol. The van der Waals surface area contributed by atoms with Crippen molar-refractivity contribution in [2.45, 2.75) is 32.9 Å². The van der Waals surface area contributed by atoms with E-state index in [1.807, 2.05) is 67.4 Å². The van der Waals surface area contributed by atoms with Gasteiger partial charge in [0, 0.05) is 13.0 Å². The molecule has 5 heteroatoms. The van der Waals surface area contributed by atoms with Crippen molar-refractivity contribution in [2.24, 2.45) is 5.10 Å². The van der Waals surface area contributed by atoms with Gasteiger partial charge in [0.25, 0.3) is 5.91 Å². The van der Waals surface area contributed by atoms with Crippen LogP contribution >= 0.6 is 0 Å². The minimum Gasteiger partial charge on any atom is -0.494 e. The second kappa shape index (κ2) is 10.5. The van der Waals surface area contributed by atoms with E-state index in [0.717, 1.165) is 22.6 Å². The van der Waals surface area contributed by atoms with E-state index < -0.39 is 0 Å². The summed E-state index contributed by atoms with van der Waals surface area (Å²) in [5, 5.41) is 6.49. The Morgan fingerprint density at radius 2 is 1.82 bits per heavy atom. The molecule has 4 rings (SSSR count). The minimum atomic E-state index is -0.131. The number of likely N-dealkylation sites (N-methyl/N-ethyl adjacent to an activating group) is 1. The third-order valence-corrected chi connectivity index (χ3v) is 5.79. The van der Waals surface area contributed by atoms with Crippen LogP contribution in [0.5, 0.6) is 5.75 Å². The van der Waals surface area contributed by atoms with Crippen LogP contribution in [0.25, 0.3) is 0 Å². The van der Waals surface area contributed by atoms with E-state index in [9.17, 15) is 4.79 Å². The molecule has 5 nitrogen and oxygen atoms in total. The number of hydrogen-bond acceptors (Lipinski definition) is 4. The monoisotopic (exact) mass is 441 g/mol. The number of aryl methyl sites for hydroxylation is 1. The fraction of sp³-hybridized carbons (Fsp3) is 0.286. The zero-order valence-electron chi connectivity index (χ0n) is 19.6. The number of hydrogen-bond donors (Lipinski definition) is 0. The largest absolute Gasteiger partial charge is 0.494 e. The van der Waals surface area contributed by atoms with E-state index >= 15 is 0 Å². The summed E-state index contributed by atoms with van der Waals surface area (Å²) < 4.78 is 5.59. The maximum atomic E-state index is 13.4. The average Bonchev–Trinajstić information content (AvgIpc) is 3.26. The van der Waals surface area contributed by atoms with Crippen LogP contribution < -0.4 is 4.74 Å². The summed E-state index contributed by atoms with van der Waals surface area (Å²) in [6, 6.07) is 26.4. The molecular formula is C28H31N3O2. The Bertz CT molecular complexity index is 1110. The Hall–Kier alpha value is -3.44. The molecule has 3 aromatic carbocycles. The fourth-order valence-electron chi connectivity index (χ4n) is 4.21. The Labute approximate surface area is 196 Å². The number of carbonyl (C=O) groups is 1. The molecule has 1 atom stereocenters. The van der Waals surface area contributed by atoms with Crippen LogP contribution in [-0.2, 0) is 11.3 Å². The predicted octanol–water partition coefficient (Wildman–Crippen LogP) is 5.20. The van der Waals surface area contributed by atoms with Gasteiger partial charge in [-0.15, -0.1) is 0 Å². The first-order valence-corrected chi connectivity index (χ1v) is 11.5. The second-order valence-corrected chi connectivity index (χ2v) is 8.53. The van der Waals surface area contributed by atoms with E-state index in [2.05, 4.69) is 37.3 Å². The van der Waals surface area contributed by atoms with E-state index in [-0.39, 0.29) is 11.9 Å². The van der Waals surface area contributed by atoms with E-state index in [4.69, 9.17) is 9.84 Å². The number of hydrazone groups is 1. The molecule has 0 saturated carbocycles. The van der Waals surface area contributed by atoms with Crippen molar-refractivity contribution in [1.29, 1.82) is 0 Å². The third kappa shape index (κ3) is 5.68. The molecule has 170 valence electrons. The summed E-state index contributed by atoms with van der Waals surface area (Å²) in [6.07, 6.45) is 0.686. The quantitative estimate of drug-likeness (QED) is 0.482. The first-order valence-electron chi connectivity index (χ1n) is 11.5. The van der Waals surface area contributed by atoms with Crippen LogP contribution in [-0.4, -0.2) is 41.7 Å². The van der Waals surface area contributed by atoms with Crippen molar-refractivity contribution in [3.8, 4) is 5.75 Å². The van der Waals surface area contributed by atoms with Gasteiger partial charge in [0.05, 0.1) is 24.9 Å². The first-order chi connectivity index (χ1) is 16.0. The highest BCUT2D eigenvalue weighted by atomic mass is 16.5. The lowest BCUT2D eigenvalue weighted by molar-refractivity contribution is -0.134. The Balaban J connectivity index is 1.56. The topological polar surface area (TPSA) is 45.1 Å². The van der Waals surface area contributed by atoms with E-state index in [0.29, 0.717) is 26.1 Å². The van der Waals surface area contributed by atoms with Crippen molar-refractivity contribution in [2.75, 3.05) is 20.2 Å². The Morgan fingerprint density at radius 1 is 1.06 bits per heavy atom. The van der Waals surface area contributed by atoms with Crippen molar-refractivity contribution in [3.05, 3.63) is 101 Å². The van der Waals surface area contributed by atoms with Gasteiger partial charge >= 0.3 is 0 Å². The molecule has 0 fully saturated rings. The van der Waals surface area contributed by atoms with Gasteiger partial charge < -0.3 is 4.74 Å². The standard InChI is InChI=1S/C28H31N3O2/c1-4-33-25-15-13-23(14-16-25)27-18-26(24-12-8-9-21(2)17-24)29-31(27)28(32)20-30(3)19-22-10-6-5-7-11-22/h5-17,27H,4,18-20H2,1-3H3/t27-/m0/s1. The van der Waals surface area contributed by atoms with Crippen molar-refractivity contribution in [1.82, 2.24) is 9.91 Å². The Kier molecular flexibility index (Phi) is 7.20. The lowest BCUT2D eigenvalue weighted by Crippen LogP contribution is -2.36. The highest BCUT2D eigenvalue weighted by Gasteiger charge is 2.33. The molecule has 0 unspecified atom stereocenters. The number of nitrogens with zero attached hydrogens (tertiary/aromatic N) is 3. The number of benzene rings is 3. The summed E-state index contributed by atoms with van der Waals surface area (Å²) in [5.41, 5.74) is 5.43. The van der Waals surface area contributed by atoms with Gasteiger partial charge in [-0.1, -0.05) is 72.3 Å². The first kappa shape index (κ1) is 22.7. The minimum absolute atomic E-state index is 0.00466. The van der Waals surface area contributed by atoms with Crippen molar-refractivity contribution < 1.29 is 9.53 Å². The van der Waals surface area contributed by atoms with Gasteiger partial charge in [-0.2, -0.15) is 5.10 Å². The molecule has 0 radical (unpaired) electrons. The van der Waals surface area contributed by atoms with Gasteiger partial charge in [0.15, 0.2) is 0 Å². The molecule has 33 heavy (non-hydrogen) atoms. The molecule has 0 spiro atoms. The van der Waals surface area contributed by atoms with Gasteiger partial charge in [0.1, 0.15) is 5.75 Å². The van der Waals surface area contributed by atoms with Crippen LogP contribution in [0.4, 0.5) is 0 Å². The molecule has 0 aliphatic carbocycles. The van der Waals surface area contributed by atoms with Gasteiger partial charge in [-0.25, -0.2) is 5.01 Å². The van der Waals surface area contributed by atoms with E-state index in [1.54, 1.807) is 5.01 Å². The van der Waals surface area contributed by atoms with Crippen LogP contribution in [0.3, 0.4) is 0 Å². The SMILES string of the molecule is CCOc1ccc([C@@H]2CC(c3cccc(C)c3)=NN2C(=O)CN(C)Cc2ccccc2)cc1. The smallest absolute Gasteiger partial charge is 0.257 e. The summed E-state index contributed by atoms with van der Waals surface area (Å²) in [7, 11) is 1.97. The van der Waals surface area contributed by atoms with Crippen LogP contribution in [0.15, 0.2) is 84.0 Å². The highest BCUT2D eigenvalue weighted by molar-refractivity contribution is 6.03. The number of amides is 1. The van der Waals surface area contributed by atoms with Gasteiger partial charge in [-0.3, -0.25) is 9.69 Å². The highest BCUT2D eigenvalue weighted by Crippen LogP contribution is 2.34. The maximum absolute atomic E-state index is 13.4. The number of rotatable bonds is 8. The molecule has 1 aliphatic heterocycles. The predicted molar refractivity (Wildman–Crippen MR) is 132 cm³/mol. The van der Waals surface area contributed by atoms with Crippen molar-refractivity contribution >= 4 is 11.6 Å².